The third kappa shape index (κ3) is 2.64. The third-order valence-electron chi connectivity index (χ3n) is 4.75. The first kappa shape index (κ1) is 12.9. The van der Waals surface area contributed by atoms with E-state index >= 15 is 0 Å². The lowest BCUT2D eigenvalue weighted by molar-refractivity contribution is -0.124. The minimum atomic E-state index is -0.00917. The van der Waals surface area contributed by atoms with Gasteiger partial charge in [-0.3, -0.25) is 4.79 Å². The number of hydrogen-bond acceptors (Lipinski definition) is 1. The van der Waals surface area contributed by atoms with Crippen LogP contribution >= 0.6 is 0 Å². The van der Waals surface area contributed by atoms with E-state index in [1.54, 1.807) is 0 Å². The van der Waals surface area contributed by atoms with Gasteiger partial charge in [-0.15, -0.1) is 0 Å². The maximum absolute atomic E-state index is 12.1. The second kappa shape index (κ2) is 5.84. The van der Waals surface area contributed by atoms with Crippen LogP contribution in [-0.4, -0.2) is 5.78 Å². The van der Waals surface area contributed by atoms with E-state index in [0.29, 0.717) is 11.7 Å². The number of carbonyl (C=O) groups excluding carboxylic acids is 1. The molecule has 2 rings (SSSR count). The van der Waals surface area contributed by atoms with Crippen LogP contribution in [0.2, 0.25) is 0 Å². The van der Waals surface area contributed by atoms with Crippen LogP contribution in [0.4, 0.5) is 0 Å². The zero-order chi connectivity index (χ0) is 12.1. The molecule has 0 heterocycles. The molecular weight excluding hydrogens is 208 g/mol. The summed E-state index contributed by atoms with van der Waals surface area (Å²) in [7, 11) is 0. The topological polar surface area (TPSA) is 17.1 Å². The SMILES string of the molecule is CCCCCC/C=C/C12CCCC1CCC2=O. The molecule has 0 aromatic heterocycles. The summed E-state index contributed by atoms with van der Waals surface area (Å²) in [5.74, 6) is 1.21. The van der Waals surface area contributed by atoms with Crippen LogP contribution in [0.15, 0.2) is 12.2 Å². The molecule has 0 bridgehead atoms. The Hall–Kier alpha value is -0.590. The molecule has 0 aliphatic heterocycles. The first-order chi connectivity index (χ1) is 8.29. The molecule has 2 aliphatic carbocycles. The van der Waals surface area contributed by atoms with Crippen molar-refractivity contribution in [2.75, 3.05) is 0 Å². The maximum Gasteiger partial charge on any atom is 0.143 e. The molecule has 96 valence electrons. The van der Waals surface area contributed by atoms with Gasteiger partial charge in [-0.2, -0.15) is 0 Å². The van der Waals surface area contributed by atoms with Crippen LogP contribution in [-0.2, 0) is 4.79 Å². The number of Topliss-reactive ketones (excluding diaryl/α,β-unsaturated/α-hetero) is 1. The van der Waals surface area contributed by atoms with E-state index < -0.39 is 0 Å². The van der Waals surface area contributed by atoms with Gasteiger partial charge in [-0.25, -0.2) is 0 Å². The quantitative estimate of drug-likeness (QED) is 0.482. The molecule has 17 heavy (non-hydrogen) atoms. The lowest BCUT2D eigenvalue weighted by atomic mass is 9.79. The summed E-state index contributed by atoms with van der Waals surface area (Å²) in [5, 5.41) is 0. The highest BCUT2D eigenvalue weighted by Crippen LogP contribution is 2.53. The van der Waals surface area contributed by atoms with Crippen molar-refractivity contribution in [2.45, 2.75) is 71.1 Å². The number of ketones is 1. The van der Waals surface area contributed by atoms with Crippen LogP contribution in [0.3, 0.4) is 0 Å². The minimum absolute atomic E-state index is 0.00917. The Morgan fingerprint density at radius 1 is 1.29 bits per heavy atom. The van der Waals surface area contributed by atoms with Crippen LogP contribution in [0.25, 0.3) is 0 Å². The summed E-state index contributed by atoms with van der Waals surface area (Å²) in [4.78, 5) is 12.1. The molecule has 2 saturated carbocycles. The lowest BCUT2D eigenvalue weighted by Crippen LogP contribution is -2.25. The highest BCUT2D eigenvalue weighted by atomic mass is 16.1. The number of rotatable bonds is 6. The fraction of sp³-hybridized carbons (Fsp3) is 0.812. The van der Waals surface area contributed by atoms with Crippen molar-refractivity contribution in [1.29, 1.82) is 0 Å². The number of unbranched alkanes of at least 4 members (excludes halogenated alkanes) is 4. The standard InChI is InChI=1S/C16H26O/c1-2-3-4-5-6-7-12-16-13-8-9-14(16)10-11-15(16)17/h7,12,14H,2-6,8-11,13H2,1H3/b12-7+. The largest absolute Gasteiger partial charge is 0.299 e. The predicted octanol–water partition coefficient (Wildman–Crippen LogP) is 4.66. The molecule has 1 nitrogen and oxygen atoms in total. The zero-order valence-electron chi connectivity index (χ0n) is 11.2. The van der Waals surface area contributed by atoms with E-state index in [-0.39, 0.29) is 5.41 Å². The van der Waals surface area contributed by atoms with Crippen molar-refractivity contribution in [3.8, 4) is 0 Å². The summed E-state index contributed by atoms with van der Waals surface area (Å²) < 4.78 is 0. The van der Waals surface area contributed by atoms with Crippen molar-refractivity contribution < 1.29 is 4.79 Å². The Morgan fingerprint density at radius 3 is 3.00 bits per heavy atom. The average Bonchev–Trinajstić information content (AvgIpc) is 2.86. The van der Waals surface area contributed by atoms with Gasteiger partial charge in [0.15, 0.2) is 0 Å². The molecule has 1 heteroatoms. The Kier molecular flexibility index (Phi) is 4.42. The normalized spacial score (nSPS) is 32.5. The van der Waals surface area contributed by atoms with Crippen LogP contribution in [0, 0.1) is 11.3 Å². The highest BCUT2D eigenvalue weighted by Gasteiger charge is 2.50. The van der Waals surface area contributed by atoms with Crippen LogP contribution < -0.4 is 0 Å². The molecular formula is C16H26O. The Morgan fingerprint density at radius 2 is 2.18 bits per heavy atom. The number of hydrogen-bond donors (Lipinski definition) is 0. The van der Waals surface area contributed by atoms with Crippen molar-refractivity contribution in [1.82, 2.24) is 0 Å². The van der Waals surface area contributed by atoms with Crippen molar-refractivity contribution >= 4 is 5.78 Å². The molecule has 2 aliphatic rings. The number of carbonyl (C=O) groups is 1. The summed E-state index contributed by atoms with van der Waals surface area (Å²) >= 11 is 0. The fourth-order valence-corrected chi connectivity index (χ4v) is 3.70. The summed E-state index contributed by atoms with van der Waals surface area (Å²) in [5.41, 5.74) is -0.00917. The van der Waals surface area contributed by atoms with Gasteiger partial charge in [0.25, 0.3) is 0 Å². The van der Waals surface area contributed by atoms with Crippen molar-refractivity contribution in [2.24, 2.45) is 11.3 Å². The second-order valence-corrected chi connectivity index (χ2v) is 5.84. The van der Waals surface area contributed by atoms with Gasteiger partial charge in [0, 0.05) is 11.8 Å². The van der Waals surface area contributed by atoms with Crippen molar-refractivity contribution in [3.05, 3.63) is 12.2 Å². The molecule has 0 amide bonds. The van der Waals surface area contributed by atoms with E-state index in [1.165, 1.54) is 44.9 Å². The van der Waals surface area contributed by atoms with Gasteiger partial charge in [0.2, 0.25) is 0 Å². The average molecular weight is 234 g/mol. The van der Waals surface area contributed by atoms with E-state index in [0.717, 1.165) is 19.3 Å². The third-order valence-corrected chi connectivity index (χ3v) is 4.75. The number of fused-ring (bicyclic) bond motifs is 1. The van der Waals surface area contributed by atoms with Gasteiger partial charge >= 0.3 is 0 Å². The van der Waals surface area contributed by atoms with Gasteiger partial charge < -0.3 is 0 Å². The first-order valence-electron chi connectivity index (χ1n) is 7.50. The maximum atomic E-state index is 12.1. The minimum Gasteiger partial charge on any atom is -0.299 e. The first-order valence-corrected chi connectivity index (χ1v) is 7.50. The summed E-state index contributed by atoms with van der Waals surface area (Å²) in [6.07, 6.45) is 16.7. The predicted molar refractivity (Wildman–Crippen MR) is 71.9 cm³/mol. The van der Waals surface area contributed by atoms with E-state index in [2.05, 4.69) is 19.1 Å². The Balaban J connectivity index is 1.84. The van der Waals surface area contributed by atoms with E-state index in [4.69, 9.17) is 0 Å². The molecule has 0 radical (unpaired) electrons. The molecule has 0 spiro atoms. The smallest absolute Gasteiger partial charge is 0.143 e. The Bertz CT molecular complexity index is 292. The lowest BCUT2D eigenvalue weighted by Gasteiger charge is -2.23. The summed E-state index contributed by atoms with van der Waals surface area (Å²) in [6, 6.07) is 0. The zero-order valence-corrected chi connectivity index (χ0v) is 11.2. The molecule has 2 atom stereocenters. The van der Waals surface area contributed by atoms with Crippen molar-refractivity contribution in [3.63, 3.8) is 0 Å². The molecule has 2 unspecified atom stereocenters. The molecule has 0 saturated heterocycles. The molecule has 0 aromatic rings. The van der Waals surface area contributed by atoms with Crippen LogP contribution in [0.1, 0.15) is 71.1 Å². The molecule has 2 fully saturated rings. The van der Waals surface area contributed by atoms with Gasteiger partial charge in [-0.05, 0) is 38.0 Å². The van der Waals surface area contributed by atoms with Gasteiger partial charge in [0.05, 0.1) is 0 Å². The number of allylic oxidation sites excluding steroid dienone is 2. The van der Waals surface area contributed by atoms with E-state index in [9.17, 15) is 4.79 Å². The van der Waals surface area contributed by atoms with Gasteiger partial charge in [-0.1, -0.05) is 44.8 Å². The summed E-state index contributed by atoms with van der Waals surface area (Å²) in [6.45, 7) is 2.25. The second-order valence-electron chi connectivity index (χ2n) is 5.84. The fourth-order valence-electron chi connectivity index (χ4n) is 3.70. The monoisotopic (exact) mass is 234 g/mol. The van der Waals surface area contributed by atoms with Crippen LogP contribution in [0.5, 0.6) is 0 Å². The highest BCUT2D eigenvalue weighted by molar-refractivity contribution is 5.89. The van der Waals surface area contributed by atoms with E-state index in [1.807, 2.05) is 0 Å². The molecule has 0 N–H and O–H groups in total. The Labute approximate surface area is 106 Å². The van der Waals surface area contributed by atoms with Gasteiger partial charge in [0.1, 0.15) is 5.78 Å². The molecule has 0 aromatic carbocycles.